The molecule has 3 rings (SSSR count). The molecule has 0 amide bonds. The molecule has 24 heavy (non-hydrogen) atoms. The molecule has 2 heterocycles. The Morgan fingerprint density at radius 2 is 1.62 bits per heavy atom. The van der Waals surface area contributed by atoms with Crippen LogP contribution in [-0.4, -0.2) is 22.9 Å². The van der Waals surface area contributed by atoms with Crippen LogP contribution in [-0.2, 0) is 16.4 Å². The SMILES string of the molecule is Cn1cc(B2OC(C)(C)C(C)(C)O2)c(-c2ccc(F)cc2)c1C#N. The van der Waals surface area contributed by atoms with Crippen LogP contribution < -0.4 is 5.46 Å². The number of aromatic nitrogens is 1. The molecule has 0 spiro atoms. The molecule has 0 saturated carbocycles. The standard InChI is InChI=1S/C18H20BFN2O2/c1-17(2)18(3,4)24-19(23-17)14-11-22(5)15(10-21)16(14)12-6-8-13(20)9-7-12/h6-9,11H,1-5H3. The van der Waals surface area contributed by atoms with Crippen LogP contribution in [0.25, 0.3) is 11.1 Å². The van der Waals surface area contributed by atoms with Crippen molar-refractivity contribution in [2.24, 2.45) is 7.05 Å². The van der Waals surface area contributed by atoms with Crippen molar-refractivity contribution in [1.29, 1.82) is 5.26 Å². The van der Waals surface area contributed by atoms with Gasteiger partial charge in [-0.2, -0.15) is 5.26 Å². The fourth-order valence-electron chi connectivity index (χ4n) is 2.85. The van der Waals surface area contributed by atoms with E-state index in [2.05, 4.69) is 6.07 Å². The van der Waals surface area contributed by atoms with Crippen LogP contribution in [0.3, 0.4) is 0 Å². The van der Waals surface area contributed by atoms with Crippen LogP contribution in [0.1, 0.15) is 33.4 Å². The van der Waals surface area contributed by atoms with Gasteiger partial charge in [0.1, 0.15) is 17.6 Å². The van der Waals surface area contributed by atoms with Gasteiger partial charge in [0, 0.05) is 24.3 Å². The van der Waals surface area contributed by atoms with E-state index in [1.807, 2.05) is 33.9 Å². The summed E-state index contributed by atoms with van der Waals surface area (Å²) in [6.07, 6.45) is 1.85. The number of hydrogen-bond donors (Lipinski definition) is 0. The molecule has 1 saturated heterocycles. The van der Waals surface area contributed by atoms with Crippen molar-refractivity contribution in [1.82, 2.24) is 4.57 Å². The first-order chi connectivity index (χ1) is 11.2. The second kappa shape index (κ2) is 5.47. The van der Waals surface area contributed by atoms with Crippen molar-refractivity contribution >= 4 is 12.6 Å². The molecule has 124 valence electrons. The van der Waals surface area contributed by atoms with E-state index in [0.29, 0.717) is 5.69 Å². The van der Waals surface area contributed by atoms with Crippen LogP contribution in [0.5, 0.6) is 0 Å². The van der Waals surface area contributed by atoms with E-state index >= 15 is 0 Å². The van der Waals surface area contributed by atoms with Gasteiger partial charge in [0.25, 0.3) is 0 Å². The molecular weight excluding hydrogens is 306 g/mol. The number of hydrogen-bond acceptors (Lipinski definition) is 3. The molecule has 0 bridgehead atoms. The third-order valence-electron chi connectivity index (χ3n) is 4.96. The summed E-state index contributed by atoms with van der Waals surface area (Å²) in [5, 5.41) is 9.55. The first-order valence-electron chi connectivity index (χ1n) is 7.87. The Morgan fingerprint density at radius 3 is 2.12 bits per heavy atom. The number of rotatable bonds is 2. The van der Waals surface area contributed by atoms with Crippen LogP contribution in [0, 0.1) is 17.1 Å². The average Bonchev–Trinajstić information content (AvgIpc) is 2.93. The lowest BCUT2D eigenvalue weighted by atomic mass is 9.76. The van der Waals surface area contributed by atoms with Gasteiger partial charge >= 0.3 is 7.12 Å². The van der Waals surface area contributed by atoms with E-state index in [1.165, 1.54) is 12.1 Å². The Kier molecular flexibility index (Phi) is 3.82. The van der Waals surface area contributed by atoms with Crippen LogP contribution in [0.15, 0.2) is 30.5 Å². The lowest BCUT2D eigenvalue weighted by Gasteiger charge is -2.32. The summed E-state index contributed by atoms with van der Waals surface area (Å²) < 4.78 is 27.3. The van der Waals surface area contributed by atoms with Gasteiger partial charge in [-0.25, -0.2) is 4.39 Å². The van der Waals surface area contributed by atoms with Crippen LogP contribution in [0.4, 0.5) is 4.39 Å². The molecule has 4 nitrogen and oxygen atoms in total. The fraction of sp³-hybridized carbons (Fsp3) is 0.389. The lowest BCUT2D eigenvalue weighted by molar-refractivity contribution is 0.00578. The zero-order valence-electron chi connectivity index (χ0n) is 14.6. The highest BCUT2D eigenvalue weighted by atomic mass is 19.1. The van der Waals surface area contributed by atoms with E-state index < -0.39 is 18.3 Å². The molecule has 0 N–H and O–H groups in total. The van der Waals surface area contributed by atoms with Crippen LogP contribution in [0.2, 0.25) is 0 Å². The maximum absolute atomic E-state index is 13.3. The Bertz CT molecular complexity index is 803. The van der Waals surface area contributed by atoms with Gasteiger partial charge in [-0.3, -0.25) is 0 Å². The topological polar surface area (TPSA) is 47.2 Å². The van der Waals surface area contributed by atoms with Crippen LogP contribution >= 0.6 is 0 Å². The van der Waals surface area contributed by atoms with Gasteiger partial charge < -0.3 is 13.9 Å². The van der Waals surface area contributed by atoms with Crippen molar-refractivity contribution in [3.63, 3.8) is 0 Å². The molecule has 0 unspecified atom stereocenters. The summed E-state index contributed by atoms with van der Waals surface area (Å²) in [6.45, 7) is 7.94. The van der Waals surface area contributed by atoms with Gasteiger partial charge in [-0.15, -0.1) is 0 Å². The summed E-state index contributed by atoms with van der Waals surface area (Å²) >= 11 is 0. The van der Waals surface area contributed by atoms with E-state index in [9.17, 15) is 9.65 Å². The molecule has 1 aromatic carbocycles. The Balaban J connectivity index is 2.14. The monoisotopic (exact) mass is 326 g/mol. The first-order valence-corrected chi connectivity index (χ1v) is 7.87. The maximum atomic E-state index is 13.3. The summed E-state index contributed by atoms with van der Waals surface area (Å²) in [6, 6.07) is 8.33. The second-order valence-electron chi connectivity index (χ2n) is 7.13. The molecule has 0 atom stereocenters. The zero-order chi connectivity index (χ0) is 17.7. The second-order valence-corrected chi connectivity index (χ2v) is 7.13. The van der Waals surface area contributed by atoms with Gasteiger partial charge in [-0.1, -0.05) is 12.1 Å². The molecular formula is C18H20BFN2O2. The minimum Gasteiger partial charge on any atom is -0.399 e. The normalized spacial score (nSPS) is 18.6. The minimum atomic E-state index is -0.580. The van der Waals surface area contributed by atoms with Gasteiger partial charge in [-0.05, 0) is 45.4 Å². The molecule has 1 aliphatic heterocycles. The lowest BCUT2D eigenvalue weighted by Crippen LogP contribution is -2.41. The van der Waals surface area contributed by atoms with Gasteiger partial charge in [0.05, 0.1) is 11.2 Å². The highest BCUT2D eigenvalue weighted by Crippen LogP contribution is 2.37. The summed E-state index contributed by atoms with van der Waals surface area (Å²) in [5.41, 5.74) is 1.81. The largest absolute Gasteiger partial charge is 0.497 e. The average molecular weight is 326 g/mol. The van der Waals surface area contributed by atoms with E-state index in [4.69, 9.17) is 9.31 Å². The highest BCUT2D eigenvalue weighted by Gasteiger charge is 2.52. The van der Waals surface area contributed by atoms with Gasteiger partial charge in [0.2, 0.25) is 0 Å². The highest BCUT2D eigenvalue weighted by molar-refractivity contribution is 6.64. The molecule has 0 radical (unpaired) electrons. The Hall–Kier alpha value is -2.10. The Labute approximate surface area is 141 Å². The number of benzene rings is 1. The number of nitriles is 1. The minimum absolute atomic E-state index is 0.314. The predicted octanol–water partition coefficient (Wildman–Crippen LogP) is 3.00. The number of halogens is 1. The van der Waals surface area contributed by atoms with Crippen molar-refractivity contribution < 1.29 is 13.7 Å². The third-order valence-corrected chi connectivity index (χ3v) is 4.96. The van der Waals surface area contributed by atoms with E-state index in [-0.39, 0.29) is 5.82 Å². The van der Waals surface area contributed by atoms with E-state index in [0.717, 1.165) is 16.6 Å². The van der Waals surface area contributed by atoms with Crippen molar-refractivity contribution in [2.75, 3.05) is 0 Å². The molecule has 6 heteroatoms. The van der Waals surface area contributed by atoms with Crippen molar-refractivity contribution in [2.45, 2.75) is 38.9 Å². The third kappa shape index (κ3) is 2.54. The number of nitrogens with zero attached hydrogens (tertiary/aromatic N) is 2. The zero-order valence-corrected chi connectivity index (χ0v) is 14.6. The summed E-state index contributed by atoms with van der Waals surface area (Å²) in [5.74, 6) is -0.314. The smallest absolute Gasteiger partial charge is 0.399 e. The molecule has 0 aliphatic carbocycles. The molecule has 1 aromatic heterocycles. The fourth-order valence-corrected chi connectivity index (χ4v) is 2.85. The quantitative estimate of drug-likeness (QED) is 0.797. The first kappa shape index (κ1) is 16.8. The van der Waals surface area contributed by atoms with Gasteiger partial charge in [0.15, 0.2) is 0 Å². The van der Waals surface area contributed by atoms with E-state index in [1.54, 1.807) is 23.7 Å². The molecule has 1 fully saturated rings. The Morgan fingerprint density at radius 1 is 1.08 bits per heavy atom. The molecule has 1 aliphatic rings. The predicted molar refractivity (Wildman–Crippen MR) is 91.2 cm³/mol. The summed E-state index contributed by atoms with van der Waals surface area (Å²) in [7, 11) is 1.23. The molecule has 2 aromatic rings. The van der Waals surface area contributed by atoms with Crippen molar-refractivity contribution in [3.8, 4) is 17.2 Å². The number of aryl methyl sites for hydroxylation is 1. The van der Waals surface area contributed by atoms with Crippen molar-refractivity contribution in [3.05, 3.63) is 42.0 Å². The summed E-state index contributed by atoms with van der Waals surface area (Å²) in [4.78, 5) is 0. The maximum Gasteiger partial charge on any atom is 0.497 e.